The van der Waals surface area contributed by atoms with Gasteiger partial charge in [0.1, 0.15) is 103 Å². The Hall–Kier alpha value is -8.95. The highest BCUT2D eigenvalue weighted by Gasteiger charge is 2.65. The van der Waals surface area contributed by atoms with E-state index >= 15 is 4.57 Å². The van der Waals surface area contributed by atoms with Crippen molar-refractivity contribution in [2.75, 3.05) is 58.7 Å². The number of benzene rings is 3. The molecule has 2 unspecified atom stereocenters. The number of nitrogens with two attached hydrogens (primary N) is 2. The molecule has 3 aromatic carbocycles. The second-order valence-electron chi connectivity index (χ2n) is 23.9. The van der Waals surface area contributed by atoms with Crippen LogP contribution in [-0.2, 0) is 118 Å². The Morgan fingerprint density at radius 2 is 1.17 bits per heavy atom. The van der Waals surface area contributed by atoms with E-state index < -0.39 is 194 Å². The molecule has 562 valence electrons. The van der Waals surface area contributed by atoms with Gasteiger partial charge in [-0.2, -0.15) is 4.98 Å². The molecular weight excluding hydrogens is 1420 g/mol. The molecule has 0 bridgehead atoms. The first-order chi connectivity index (χ1) is 49.4. The van der Waals surface area contributed by atoms with Gasteiger partial charge in [0, 0.05) is 60.6 Å². The van der Waals surface area contributed by atoms with Crippen LogP contribution in [-0.4, -0.2) is 206 Å². The van der Waals surface area contributed by atoms with Gasteiger partial charge in [-0.15, -0.1) is 0 Å². The number of ether oxygens (including phenoxy) is 14. The number of nitrogen functional groups attached to an aromatic ring is 2. The standard InChI is InChI=1S/C64H76N8O30P2/c1-33(74)87-27-49-55(91-35(3)76)58(94-38(6)79)63(98-49,30-88-34(2)75)99-61-57(93-37(5)78)56(92-36(4)77)54(48(97-61)28-89-64(39-12-10-9-11-13-39,40-14-18-42(85-7)19-15-40)41-16-20-43(86-8)21-17-41)102-104(83,84)101-45-25-52(72-32-69-53-59(66)67-31-68-60(53)72)96-47(45)29-90-103(81,82)100-44-24-51(95-46(44)26-73)71-23-22-50(65)70-62(71)80/h9-23,31-32,44-49,51-52,54-58,61,73H,24-30H2,1-8H3,(H,81,82)(H,83,84)(H2,65,70,80)(H2,66,67,68)/t44-,45-,46+,47+,48+,49+,51+,52+,54+,55+,56-,57+,58-,61+,63-/m0/s1. The van der Waals surface area contributed by atoms with Gasteiger partial charge in [-0.05, 0) is 47.0 Å². The summed E-state index contributed by atoms with van der Waals surface area (Å²) in [7, 11) is -8.39. The van der Waals surface area contributed by atoms with E-state index in [-0.39, 0.29) is 29.2 Å². The van der Waals surface area contributed by atoms with Crippen molar-refractivity contribution in [1.82, 2.24) is 29.1 Å². The third-order valence-electron chi connectivity index (χ3n) is 16.7. The molecule has 0 aliphatic carbocycles. The Morgan fingerprint density at radius 3 is 1.76 bits per heavy atom. The van der Waals surface area contributed by atoms with Crippen LogP contribution in [0.25, 0.3) is 11.2 Å². The number of nitrogens with zero attached hydrogens (tertiary/aromatic N) is 6. The van der Waals surface area contributed by atoms with Gasteiger partial charge in [-0.1, -0.05) is 54.6 Å². The first kappa shape index (κ1) is 77.7. The summed E-state index contributed by atoms with van der Waals surface area (Å²) in [6, 6.07) is 23.2. The summed E-state index contributed by atoms with van der Waals surface area (Å²) in [5.74, 6) is -8.39. The number of imidazole rings is 1. The minimum absolute atomic E-state index is 0.0543. The molecule has 10 rings (SSSR count). The number of aliphatic hydroxyl groups is 1. The zero-order valence-electron chi connectivity index (χ0n) is 56.9. The monoisotopic (exact) mass is 1500 g/mol. The lowest BCUT2D eigenvalue weighted by atomic mass is 9.80. The maximum Gasteiger partial charge on any atom is 0.473 e. The Bertz CT molecular complexity index is 4170. The van der Waals surface area contributed by atoms with Crippen molar-refractivity contribution in [2.45, 2.75) is 152 Å². The van der Waals surface area contributed by atoms with E-state index in [4.69, 9.17) is 95.9 Å². The number of hydrogen-bond donors (Lipinski definition) is 5. The Labute approximate surface area is 591 Å². The topological polar surface area (TPSA) is 494 Å². The molecule has 4 aliphatic rings. The Kier molecular flexibility index (Phi) is 24.7. The number of phosphoric ester groups is 2. The third kappa shape index (κ3) is 18.0. The lowest BCUT2D eigenvalue weighted by Gasteiger charge is -2.48. The number of phosphoric acid groups is 2. The van der Waals surface area contributed by atoms with Crippen LogP contribution in [0.4, 0.5) is 11.6 Å². The van der Waals surface area contributed by atoms with Gasteiger partial charge in [-0.25, -0.2) is 28.9 Å². The summed E-state index contributed by atoms with van der Waals surface area (Å²) < 4.78 is 140. The van der Waals surface area contributed by atoms with Crippen molar-refractivity contribution in [2.24, 2.45) is 0 Å². The Balaban J connectivity index is 1.08. The average molecular weight is 1500 g/mol. The van der Waals surface area contributed by atoms with Crippen molar-refractivity contribution in [3.05, 3.63) is 131 Å². The lowest BCUT2D eigenvalue weighted by Crippen LogP contribution is -2.65. The molecule has 3 aromatic heterocycles. The molecule has 104 heavy (non-hydrogen) atoms. The van der Waals surface area contributed by atoms with E-state index in [0.717, 1.165) is 52.4 Å². The van der Waals surface area contributed by atoms with E-state index in [1.165, 1.54) is 37.4 Å². The Morgan fingerprint density at radius 1 is 0.606 bits per heavy atom. The second kappa shape index (κ2) is 33.0. The van der Waals surface area contributed by atoms with Gasteiger partial charge < -0.3 is 92.7 Å². The number of rotatable bonds is 30. The van der Waals surface area contributed by atoms with Crippen LogP contribution in [0.3, 0.4) is 0 Å². The maximum absolute atomic E-state index is 15.6. The van der Waals surface area contributed by atoms with Crippen LogP contribution in [0.1, 0.15) is 83.5 Å². The van der Waals surface area contributed by atoms with Gasteiger partial charge in [0.05, 0.1) is 40.4 Å². The normalized spacial score (nSPS) is 27.2. The highest BCUT2D eigenvalue weighted by atomic mass is 31.2. The fourth-order valence-electron chi connectivity index (χ4n) is 12.4. The number of methoxy groups -OCH3 is 2. The molecular formula is C64H76N8O30P2. The first-order valence-corrected chi connectivity index (χ1v) is 34.9. The first-order valence-electron chi connectivity index (χ1n) is 31.9. The number of fused-ring (bicyclic) bond motifs is 1. The highest BCUT2D eigenvalue weighted by molar-refractivity contribution is 7.47. The zero-order valence-corrected chi connectivity index (χ0v) is 58.7. The molecule has 38 nitrogen and oxygen atoms in total. The number of hydrogen-bond acceptors (Lipinski definition) is 34. The average Bonchev–Trinajstić information content (AvgIpc) is 1.47. The number of esters is 6. The van der Waals surface area contributed by atoms with Crippen LogP contribution in [0.5, 0.6) is 11.5 Å². The number of carbonyl (C=O) groups is 6. The quantitative estimate of drug-likeness (QED) is 0.0187. The van der Waals surface area contributed by atoms with Crippen molar-refractivity contribution in [1.29, 1.82) is 0 Å². The predicted molar refractivity (Wildman–Crippen MR) is 348 cm³/mol. The minimum Gasteiger partial charge on any atom is -0.497 e. The van der Waals surface area contributed by atoms with E-state index in [0.29, 0.717) is 28.2 Å². The summed E-state index contributed by atoms with van der Waals surface area (Å²) in [5.41, 5.74) is 10.6. The fourth-order valence-corrected chi connectivity index (χ4v) is 14.5. The molecule has 17 atom stereocenters. The van der Waals surface area contributed by atoms with Gasteiger partial charge in [0.2, 0.25) is 12.1 Å². The fraction of sp³-hybridized carbons (Fsp3) is 0.484. The largest absolute Gasteiger partial charge is 0.497 e. The number of carbonyl (C=O) groups excluding carboxylic acids is 6. The smallest absolute Gasteiger partial charge is 0.473 e. The lowest BCUT2D eigenvalue weighted by molar-refractivity contribution is -0.384. The van der Waals surface area contributed by atoms with E-state index in [1.807, 2.05) is 0 Å². The summed E-state index contributed by atoms with van der Waals surface area (Å²) in [6.07, 6.45) is -22.4. The molecule has 4 saturated heterocycles. The van der Waals surface area contributed by atoms with Crippen molar-refractivity contribution < 1.29 is 137 Å². The summed E-state index contributed by atoms with van der Waals surface area (Å²) in [5, 5.41) is 10.3. The second-order valence-corrected chi connectivity index (χ2v) is 26.7. The van der Waals surface area contributed by atoms with Crippen LogP contribution in [0.15, 0.2) is 109 Å². The predicted octanol–water partition coefficient (Wildman–Crippen LogP) is 2.90. The van der Waals surface area contributed by atoms with Gasteiger partial charge in [-0.3, -0.25) is 56.0 Å². The van der Waals surface area contributed by atoms with Gasteiger partial charge >= 0.3 is 57.2 Å². The van der Waals surface area contributed by atoms with Crippen molar-refractivity contribution in [3.63, 3.8) is 0 Å². The molecule has 7 heterocycles. The number of anilines is 2. The van der Waals surface area contributed by atoms with Crippen molar-refractivity contribution >= 4 is 74.3 Å². The van der Waals surface area contributed by atoms with Gasteiger partial charge in [0.25, 0.3) is 0 Å². The minimum atomic E-state index is -5.96. The van der Waals surface area contributed by atoms with E-state index in [2.05, 4.69) is 19.9 Å². The molecule has 0 amide bonds. The summed E-state index contributed by atoms with van der Waals surface area (Å²) in [6.45, 7) is 1.28. The summed E-state index contributed by atoms with van der Waals surface area (Å²) >= 11 is 0. The van der Waals surface area contributed by atoms with Crippen LogP contribution in [0.2, 0.25) is 0 Å². The molecule has 4 fully saturated rings. The highest BCUT2D eigenvalue weighted by Crippen LogP contribution is 2.55. The molecule has 7 N–H and O–H groups in total. The summed E-state index contributed by atoms with van der Waals surface area (Å²) in [4.78, 5) is 132. The van der Waals surface area contributed by atoms with E-state index in [1.54, 1.807) is 78.9 Å². The van der Waals surface area contributed by atoms with Crippen LogP contribution in [0, 0.1) is 0 Å². The van der Waals surface area contributed by atoms with E-state index in [9.17, 15) is 53.0 Å². The molecule has 0 spiro atoms. The van der Waals surface area contributed by atoms with Crippen LogP contribution < -0.4 is 26.6 Å². The third-order valence-corrected chi connectivity index (χ3v) is 18.8. The van der Waals surface area contributed by atoms with Crippen molar-refractivity contribution in [3.8, 4) is 11.5 Å². The molecule has 6 aromatic rings. The number of aromatic nitrogens is 6. The molecule has 40 heteroatoms. The zero-order chi connectivity index (χ0) is 75.0. The maximum atomic E-state index is 15.6. The van der Waals surface area contributed by atoms with Gasteiger partial charge in [0.15, 0.2) is 35.9 Å². The molecule has 4 aliphatic heterocycles. The molecule has 0 radical (unpaired) electrons. The molecule has 0 saturated carbocycles. The van der Waals surface area contributed by atoms with Crippen LogP contribution >= 0.6 is 15.6 Å². The SMILES string of the molecule is COc1ccc(C(OC[C@H]2O[C@H](O[C@]3(COC(C)=O)O[C@H](COC(C)=O)[C@@H](OC(C)=O)[C@@H]3OC(C)=O)[C@H](OC(C)=O)[C@@H](OC(C)=O)[C@@H]2OP(=O)(O)O[C@H]2C[C@H](n3cnc4c(N)ncnc43)O[C@@H]2COP(=O)(O)O[C@H]2C[C@H](n3ccc(N)nc3=O)O[C@@H]2CO)(c2ccccc2)c2ccc(OC)cc2)cc1. The number of aliphatic hydroxyl groups excluding tert-OH is 1.